The maximum atomic E-state index is 5.04. The summed E-state index contributed by atoms with van der Waals surface area (Å²) in [5.74, 6) is 1.09. The Labute approximate surface area is 149 Å². The molecule has 0 radical (unpaired) electrons. The molecule has 0 fully saturated rings. The molecule has 1 aliphatic rings. The first-order chi connectivity index (χ1) is 12.3. The van der Waals surface area contributed by atoms with Crippen molar-refractivity contribution in [2.24, 2.45) is 4.99 Å². The smallest absolute Gasteiger partial charge is 0.132 e. The lowest BCUT2D eigenvalue weighted by Gasteiger charge is -2.30. The van der Waals surface area contributed by atoms with Crippen molar-refractivity contribution in [1.29, 1.82) is 0 Å². The van der Waals surface area contributed by atoms with E-state index >= 15 is 0 Å². The molecule has 1 heterocycles. The Morgan fingerprint density at radius 3 is 1.96 bits per heavy atom. The van der Waals surface area contributed by atoms with Crippen LogP contribution in [0.4, 0.5) is 0 Å². The van der Waals surface area contributed by atoms with Crippen LogP contribution < -0.4 is 0 Å². The van der Waals surface area contributed by atoms with Crippen molar-refractivity contribution in [3.05, 3.63) is 108 Å². The molecule has 2 atom stereocenters. The Balaban J connectivity index is 1.74. The average molecular weight is 326 g/mol. The molecule has 0 aliphatic carbocycles. The van der Waals surface area contributed by atoms with Crippen LogP contribution >= 0.6 is 0 Å². The van der Waals surface area contributed by atoms with Gasteiger partial charge in [-0.15, -0.1) is 0 Å². The van der Waals surface area contributed by atoms with E-state index in [4.69, 9.17) is 4.99 Å². The predicted octanol–water partition coefficient (Wildman–Crippen LogP) is 5.08. The zero-order valence-electron chi connectivity index (χ0n) is 14.4. The van der Waals surface area contributed by atoms with Crippen LogP contribution in [-0.4, -0.2) is 16.8 Å². The van der Waals surface area contributed by atoms with E-state index in [9.17, 15) is 0 Å². The van der Waals surface area contributed by atoms with Gasteiger partial charge < -0.3 is 4.90 Å². The highest BCUT2D eigenvalue weighted by Crippen LogP contribution is 2.35. The van der Waals surface area contributed by atoms with Gasteiger partial charge in [0.25, 0.3) is 0 Å². The van der Waals surface area contributed by atoms with Crippen LogP contribution in [0, 0.1) is 0 Å². The fraction of sp³-hybridized carbons (Fsp3) is 0.174. The predicted molar refractivity (Wildman–Crippen MR) is 104 cm³/mol. The monoisotopic (exact) mass is 326 g/mol. The summed E-state index contributed by atoms with van der Waals surface area (Å²) in [5.41, 5.74) is 3.81. The molecule has 0 N–H and O–H groups in total. The molecule has 4 rings (SSSR count). The maximum absolute atomic E-state index is 5.04. The molecule has 3 aromatic rings. The van der Waals surface area contributed by atoms with Gasteiger partial charge in [0.05, 0.1) is 12.1 Å². The molecule has 124 valence electrons. The summed E-state index contributed by atoms with van der Waals surface area (Å²) in [5, 5.41) is 0. The molecule has 2 nitrogen and oxygen atoms in total. The van der Waals surface area contributed by atoms with E-state index in [0.717, 1.165) is 12.4 Å². The van der Waals surface area contributed by atoms with Crippen molar-refractivity contribution in [3.8, 4) is 0 Å². The molecular formula is C23H22N2. The molecule has 0 spiro atoms. The van der Waals surface area contributed by atoms with Crippen molar-refractivity contribution in [3.63, 3.8) is 0 Å². The van der Waals surface area contributed by atoms with E-state index in [-0.39, 0.29) is 12.1 Å². The highest BCUT2D eigenvalue weighted by molar-refractivity contribution is 6.00. The van der Waals surface area contributed by atoms with E-state index in [0.29, 0.717) is 0 Å². The van der Waals surface area contributed by atoms with Gasteiger partial charge in [-0.05, 0) is 18.1 Å². The molecule has 0 saturated carbocycles. The minimum absolute atomic E-state index is 0.223. The standard InChI is InChI=1S/C23H22N2/c1-18-22(20-13-7-3-8-14-20)25(17-19-11-5-2-6-12-19)23(24-18)21-15-9-4-10-16-21/h2-16,18,22H,17H2,1H3/t18-,22+/m1/s1. The van der Waals surface area contributed by atoms with Gasteiger partial charge in [0.15, 0.2) is 0 Å². The Kier molecular flexibility index (Phi) is 4.34. The summed E-state index contributed by atoms with van der Waals surface area (Å²) in [6.07, 6.45) is 0. The normalized spacial score (nSPS) is 19.7. The number of benzene rings is 3. The molecule has 0 amide bonds. The molecule has 0 aromatic heterocycles. The Morgan fingerprint density at radius 2 is 1.32 bits per heavy atom. The summed E-state index contributed by atoms with van der Waals surface area (Å²) < 4.78 is 0. The summed E-state index contributed by atoms with van der Waals surface area (Å²) in [6.45, 7) is 3.07. The van der Waals surface area contributed by atoms with Gasteiger partial charge in [-0.1, -0.05) is 91.0 Å². The van der Waals surface area contributed by atoms with Crippen LogP contribution in [0.1, 0.15) is 29.7 Å². The van der Waals surface area contributed by atoms with E-state index < -0.39 is 0 Å². The van der Waals surface area contributed by atoms with Crippen LogP contribution in [0.25, 0.3) is 0 Å². The van der Waals surface area contributed by atoms with Gasteiger partial charge >= 0.3 is 0 Å². The van der Waals surface area contributed by atoms with Gasteiger partial charge in [0, 0.05) is 12.1 Å². The van der Waals surface area contributed by atoms with Crippen molar-refractivity contribution >= 4 is 5.84 Å². The summed E-state index contributed by atoms with van der Waals surface area (Å²) >= 11 is 0. The lowest BCUT2D eigenvalue weighted by atomic mass is 9.99. The first kappa shape index (κ1) is 15.6. The third-order valence-electron chi connectivity index (χ3n) is 4.76. The second-order valence-corrected chi connectivity index (χ2v) is 6.53. The van der Waals surface area contributed by atoms with E-state index in [1.54, 1.807) is 0 Å². The summed E-state index contributed by atoms with van der Waals surface area (Å²) in [7, 11) is 0. The minimum atomic E-state index is 0.223. The number of aliphatic imine (C=N–C) groups is 1. The number of nitrogens with zero attached hydrogens (tertiary/aromatic N) is 2. The quantitative estimate of drug-likeness (QED) is 0.653. The fourth-order valence-corrected chi connectivity index (χ4v) is 3.62. The van der Waals surface area contributed by atoms with E-state index in [2.05, 4.69) is 103 Å². The minimum Gasteiger partial charge on any atom is -0.343 e. The Morgan fingerprint density at radius 1 is 0.760 bits per heavy atom. The topological polar surface area (TPSA) is 15.6 Å². The molecule has 1 aliphatic heterocycles. The number of hydrogen-bond donors (Lipinski definition) is 0. The van der Waals surface area contributed by atoms with Gasteiger partial charge in [-0.2, -0.15) is 0 Å². The number of amidine groups is 1. The van der Waals surface area contributed by atoms with E-state index in [1.807, 2.05) is 0 Å². The molecule has 0 bridgehead atoms. The van der Waals surface area contributed by atoms with Crippen molar-refractivity contribution in [2.45, 2.75) is 25.6 Å². The summed E-state index contributed by atoms with van der Waals surface area (Å²) in [6, 6.07) is 32.4. The van der Waals surface area contributed by atoms with Crippen molar-refractivity contribution in [1.82, 2.24) is 4.90 Å². The highest BCUT2D eigenvalue weighted by atomic mass is 15.3. The fourth-order valence-electron chi connectivity index (χ4n) is 3.62. The van der Waals surface area contributed by atoms with Gasteiger partial charge in [-0.3, -0.25) is 4.99 Å². The SMILES string of the molecule is C[C@H]1N=C(c2ccccc2)N(Cc2ccccc2)[C@@H]1c1ccccc1. The third-order valence-corrected chi connectivity index (χ3v) is 4.76. The van der Waals surface area contributed by atoms with Gasteiger partial charge in [0.2, 0.25) is 0 Å². The second kappa shape index (κ2) is 6.94. The van der Waals surface area contributed by atoms with Crippen LogP contribution in [0.15, 0.2) is 96.0 Å². The third kappa shape index (κ3) is 3.20. The van der Waals surface area contributed by atoms with Crippen LogP contribution in [-0.2, 0) is 6.54 Å². The van der Waals surface area contributed by atoms with Crippen molar-refractivity contribution in [2.75, 3.05) is 0 Å². The van der Waals surface area contributed by atoms with Crippen LogP contribution in [0.5, 0.6) is 0 Å². The van der Waals surface area contributed by atoms with Gasteiger partial charge in [0.1, 0.15) is 5.84 Å². The van der Waals surface area contributed by atoms with Gasteiger partial charge in [-0.25, -0.2) is 0 Å². The maximum Gasteiger partial charge on any atom is 0.132 e. The average Bonchev–Trinajstić information content (AvgIpc) is 3.00. The highest BCUT2D eigenvalue weighted by Gasteiger charge is 2.35. The molecule has 25 heavy (non-hydrogen) atoms. The summed E-state index contributed by atoms with van der Waals surface area (Å²) in [4.78, 5) is 7.49. The zero-order chi connectivity index (χ0) is 17.1. The Hall–Kier alpha value is -2.87. The van der Waals surface area contributed by atoms with Crippen LogP contribution in [0.2, 0.25) is 0 Å². The first-order valence-electron chi connectivity index (χ1n) is 8.81. The molecule has 2 heteroatoms. The Bertz CT molecular complexity index is 841. The van der Waals surface area contributed by atoms with Crippen LogP contribution in [0.3, 0.4) is 0 Å². The lowest BCUT2D eigenvalue weighted by Crippen LogP contribution is -2.32. The molecular weight excluding hydrogens is 304 g/mol. The number of rotatable bonds is 4. The lowest BCUT2D eigenvalue weighted by molar-refractivity contribution is 0.310. The van der Waals surface area contributed by atoms with E-state index in [1.165, 1.54) is 16.7 Å². The zero-order valence-corrected chi connectivity index (χ0v) is 14.4. The largest absolute Gasteiger partial charge is 0.343 e. The molecule has 0 unspecified atom stereocenters. The first-order valence-corrected chi connectivity index (χ1v) is 8.81. The van der Waals surface area contributed by atoms with Crippen molar-refractivity contribution < 1.29 is 0 Å². The molecule has 0 saturated heterocycles. The second-order valence-electron chi connectivity index (χ2n) is 6.53. The number of hydrogen-bond acceptors (Lipinski definition) is 2. The molecule has 3 aromatic carbocycles.